The van der Waals surface area contributed by atoms with Crippen molar-refractivity contribution in [2.75, 3.05) is 13.2 Å². The summed E-state index contributed by atoms with van der Waals surface area (Å²) in [5, 5.41) is 1.32. The number of carbonyl (C=O) groups excluding carboxylic acids is 1. The number of pyridine rings is 2. The van der Waals surface area contributed by atoms with Crippen LogP contribution >= 0.6 is 0 Å². The molecule has 1 amide bonds. The smallest absolute Gasteiger partial charge is 0.435 e. The van der Waals surface area contributed by atoms with Crippen LogP contribution in [0.2, 0.25) is 0 Å². The van der Waals surface area contributed by atoms with E-state index in [1.807, 2.05) is 59.0 Å². The molecule has 4 heterocycles. The molecule has 8 nitrogen and oxygen atoms in total. The third-order valence-corrected chi connectivity index (χ3v) is 4.87. The van der Waals surface area contributed by atoms with E-state index in [0.717, 1.165) is 36.4 Å². The summed E-state index contributed by atoms with van der Waals surface area (Å²) in [6.07, 6.45) is 5.03. The van der Waals surface area contributed by atoms with Crippen LogP contribution in [0.1, 0.15) is 68.2 Å². The number of rotatable bonds is 2. The van der Waals surface area contributed by atoms with Gasteiger partial charge in [0.2, 0.25) is 0 Å². The summed E-state index contributed by atoms with van der Waals surface area (Å²) in [6.45, 7) is 10.7. The van der Waals surface area contributed by atoms with Crippen molar-refractivity contribution < 1.29 is 19.2 Å². The number of aryl methyl sites for hydroxylation is 2. The van der Waals surface area contributed by atoms with E-state index in [4.69, 9.17) is 14.4 Å². The van der Waals surface area contributed by atoms with Crippen LogP contribution in [0.3, 0.4) is 0 Å². The molecule has 0 saturated carbocycles. The Balaban J connectivity index is 0.000000194. The molecule has 2 aliphatic rings. The first-order chi connectivity index (χ1) is 14.7. The van der Waals surface area contributed by atoms with Crippen molar-refractivity contribution in [3.8, 4) is 0 Å². The maximum atomic E-state index is 12.1. The molecular weight excluding hydrogens is 396 g/mol. The molecule has 31 heavy (non-hydrogen) atoms. The Bertz CT molecular complexity index is 843. The van der Waals surface area contributed by atoms with E-state index in [0.29, 0.717) is 12.6 Å². The Morgan fingerprint density at radius 2 is 1.68 bits per heavy atom. The van der Waals surface area contributed by atoms with Crippen LogP contribution in [0, 0.1) is 13.8 Å². The lowest BCUT2D eigenvalue weighted by Gasteiger charge is -2.27. The van der Waals surface area contributed by atoms with Gasteiger partial charge in [-0.2, -0.15) is 10.5 Å². The third-order valence-electron chi connectivity index (χ3n) is 4.87. The molecule has 2 aromatic rings. The largest absolute Gasteiger partial charge is 0.442 e. The highest BCUT2D eigenvalue weighted by Crippen LogP contribution is 2.31. The van der Waals surface area contributed by atoms with E-state index in [1.54, 1.807) is 6.20 Å². The minimum atomic E-state index is -0.529. The summed E-state index contributed by atoms with van der Waals surface area (Å²) in [5.74, 6) is 0. The molecule has 2 saturated heterocycles. The summed E-state index contributed by atoms with van der Waals surface area (Å²) in [6, 6.07) is 8.23. The lowest BCUT2D eigenvalue weighted by Crippen LogP contribution is -2.35. The lowest BCUT2D eigenvalue weighted by molar-refractivity contribution is -0.125. The van der Waals surface area contributed by atoms with Crippen molar-refractivity contribution in [2.24, 2.45) is 0 Å². The molecule has 0 bridgehead atoms. The topological polar surface area (TPSA) is 85.8 Å². The van der Waals surface area contributed by atoms with Crippen LogP contribution in [-0.2, 0) is 14.4 Å². The van der Waals surface area contributed by atoms with Gasteiger partial charge in [0.25, 0.3) is 0 Å². The normalized spacial score (nSPS) is 20.9. The van der Waals surface area contributed by atoms with Crippen molar-refractivity contribution >= 4 is 6.09 Å². The number of carbonyl (C=O) groups is 1. The molecular formula is C23H32N4O4. The molecule has 0 unspecified atom stereocenters. The number of nitrogens with zero attached hydrogens (tertiary/aromatic N) is 3. The Morgan fingerprint density at radius 1 is 1.03 bits per heavy atom. The molecule has 2 aromatic heterocycles. The van der Waals surface area contributed by atoms with Gasteiger partial charge in [0.05, 0.1) is 25.3 Å². The van der Waals surface area contributed by atoms with E-state index in [-0.39, 0.29) is 6.04 Å². The van der Waals surface area contributed by atoms with E-state index in [1.165, 1.54) is 10.6 Å². The molecule has 168 valence electrons. The van der Waals surface area contributed by atoms with Gasteiger partial charge in [-0.25, -0.2) is 4.79 Å². The summed E-state index contributed by atoms with van der Waals surface area (Å²) in [5.41, 5.74) is 6.60. The van der Waals surface area contributed by atoms with Crippen molar-refractivity contribution in [1.29, 1.82) is 0 Å². The van der Waals surface area contributed by atoms with Crippen molar-refractivity contribution in [2.45, 2.75) is 65.1 Å². The molecule has 2 atom stereocenters. The fourth-order valence-electron chi connectivity index (χ4n) is 3.25. The SMILES string of the molecule is Cc1ccc([C@@H]2CCON2)cn1.Cc1ccc([C@@H]2CCON2C(=O)OC(C)(C)C)cn1. The number of hydrogen-bond donors (Lipinski definition) is 1. The highest BCUT2D eigenvalue weighted by Gasteiger charge is 2.35. The molecule has 1 N–H and O–H groups in total. The fourth-order valence-corrected chi connectivity index (χ4v) is 3.25. The van der Waals surface area contributed by atoms with Crippen molar-refractivity contribution in [3.05, 3.63) is 59.2 Å². The molecule has 8 heteroatoms. The maximum absolute atomic E-state index is 12.1. The molecule has 0 aromatic carbocycles. The van der Waals surface area contributed by atoms with Gasteiger partial charge < -0.3 is 9.57 Å². The first kappa shape index (κ1) is 23.1. The van der Waals surface area contributed by atoms with Gasteiger partial charge in [-0.3, -0.25) is 14.8 Å². The quantitative estimate of drug-likeness (QED) is 0.760. The zero-order valence-corrected chi connectivity index (χ0v) is 18.9. The van der Waals surface area contributed by atoms with Gasteiger partial charge in [0, 0.05) is 30.2 Å². The highest BCUT2D eigenvalue weighted by molar-refractivity contribution is 5.67. The van der Waals surface area contributed by atoms with Crippen LogP contribution in [0.15, 0.2) is 36.7 Å². The van der Waals surface area contributed by atoms with Crippen LogP contribution in [-0.4, -0.2) is 39.9 Å². The Labute approximate surface area is 183 Å². The first-order valence-corrected chi connectivity index (χ1v) is 10.6. The van der Waals surface area contributed by atoms with Crippen LogP contribution < -0.4 is 5.48 Å². The minimum Gasteiger partial charge on any atom is -0.442 e. The Hall–Kier alpha value is -2.55. The molecule has 0 radical (unpaired) electrons. The average Bonchev–Trinajstić information content (AvgIpc) is 3.41. The second kappa shape index (κ2) is 10.2. The third kappa shape index (κ3) is 6.72. The number of nitrogens with one attached hydrogen (secondary N) is 1. The van der Waals surface area contributed by atoms with E-state index < -0.39 is 11.7 Å². The lowest BCUT2D eigenvalue weighted by atomic mass is 10.1. The average molecular weight is 429 g/mol. The fraction of sp³-hybridized carbons (Fsp3) is 0.522. The van der Waals surface area contributed by atoms with Gasteiger partial charge in [0.15, 0.2) is 0 Å². The zero-order chi connectivity index (χ0) is 22.4. The predicted molar refractivity (Wildman–Crippen MR) is 116 cm³/mol. The second-order valence-electron chi connectivity index (χ2n) is 8.72. The van der Waals surface area contributed by atoms with Gasteiger partial charge in [-0.15, -0.1) is 0 Å². The van der Waals surface area contributed by atoms with Crippen LogP contribution in [0.4, 0.5) is 4.79 Å². The Morgan fingerprint density at radius 3 is 2.19 bits per heavy atom. The van der Waals surface area contributed by atoms with Gasteiger partial charge in [-0.1, -0.05) is 12.1 Å². The monoisotopic (exact) mass is 428 g/mol. The second-order valence-corrected chi connectivity index (χ2v) is 8.72. The summed E-state index contributed by atoms with van der Waals surface area (Å²) < 4.78 is 5.34. The van der Waals surface area contributed by atoms with E-state index >= 15 is 0 Å². The van der Waals surface area contributed by atoms with E-state index in [9.17, 15) is 4.79 Å². The van der Waals surface area contributed by atoms with Gasteiger partial charge in [-0.05, 0) is 64.3 Å². The van der Waals surface area contributed by atoms with Gasteiger partial charge >= 0.3 is 6.09 Å². The number of hydrogen-bond acceptors (Lipinski definition) is 7. The predicted octanol–water partition coefficient (Wildman–Crippen LogP) is 4.36. The van der Waals surface area contributed by atoms with E-state index in [2.05, 4.69) is 21.5 Å². The number of ether oxygens (including phenoxy) is 1. The van der Waals surface area contributed by atoms with Gasteiger partial charge in [0.1, 0.15) is 5.60 Å². The molecule has 0 aliphatic carbocycles. The summed E-state index contributed by atoms with van der Waals surface area (Å²) >= 11 is 0. The van der Waals surface area contributed by atoms with Crippen molar-refractivity contribution in [1.82, 2.24) is 20.5 Å². The van der Waals surface area contributed by atoms with Crippen LogP contribution in [0.5, 0.6) is 0 Å². The first-order valence-electron chi connectivity index (χ1n) is 10.6. The number of amides is 1. The zero-order valence-electron chi connectivity index (χ0n) is 18.9. The molecule has 2 fully saturated rings. The number of aromatic nitrogens is 2. The minimum absolute atomic E-state index is 0.122. The molecule has 2 aliphatic heterocycles. The molecule has 0 spiro atoms. The highest BCUT2D eigenvalue weighted by atomic mass is 16.7. The standard InChI is InChI=1S/C14H20N2O3.C9H12N2O/c1-10-5-6-11(9-15-10)12-7-8-18-16(12)13(17)19-14(2,3)4;1-7-2-3-8(6-10-7)9-4-5-12-11-9/h5-6,9,12H,7-8H2,1-4H3;2-3,6,9,11H,4-5H2,1H3/t12-;9-/m00/s1. The van der Waals surface area contributed by atoms with Crippen LogP contribution in [0.25, 0.3) is 0 Å². The summed E-state index contributed by atoms with van der Waals surface area (Å²) in [7, 11) is 0. The summed E-state index contributed by atoms with van der Waals surface area (Å²) in [4.78, 5) is 31.0. The van der Waals surface area contributed by atoms with Crippen molar-refractivity contribution in [3.63, 3.8) is 0 Å². The maximum Gasteiger partial charge on any atom is 0.435 e. The number of hydroxylamine groups is 3. The Kier molecular flexibility index (Phi) is 7.59. The molecule has 4 rings (SSSR count).